The quantitative estimate of drug-likeness (QED) is 0.335. The maximum Gasteiger partial charge on any atom is 0.290 e. The molecule has 2 aromatic heterocycles. The van der Waals surface area contributed by atoms with E-state index in [1.54, 1.807) is 12.1 Å². The van der Waals surface area contributed by atoms with Crippen molar-refractivity contribution < 1.29 is 23.4 Å². The second kappa shape index (κ2) is 12.7. The highest BCUT2D eigenvalue weighted by Gasteiger charge is 2.26. The summed E-state index contributed by atoms with van der Waals surface area (Å²) in [4.78, 5) is 26.5. The first-order valence-electron chi connectivity index (χ1n) is 13.7. The van der Waals surface area contributed by atoms with Crippen molar-refractivity contribution in [1.82, 2.24) is 14.9 Å². The Morgan fingerprint density at radius 2 is 1.77 bits per heavy atom. The zero-order valence-electron chi connectivity index (χ0n) is 24.6. The zero-order valence-corrected chi connectivity index (χ0v) is 25.6. The van der Waals surface area contributed by atoms with Crippen LogP contribution in [-0.4, -0.2) is 76.3 Å². The molecule has 4 rings (SSSR count). The predicted molar refractivity (Wildman–Crippen MR) is 159 cm³/mol. The molecule has 3 heterocycles. The number of amides is 1. The highest BCUT2D eigenvalue weighted by molar-refractivity contribution is 6.89. The Balaban J connectivity index is 1.42. The first-order valence-corrected chi connectivity index (χ1v) is 16.9. The largest absolute Gasteiger partial charge is 0.479 e. The molecular weight excluding hydrogens is 526 g/mol. The van der Waals surface area contributed by atoms with Gasteiger partial charge in [0, 0.05) is 25.2 Å². The van der Waals surface area contributed by atoms with Gasteiger partial charge in [0.25, 0.3) is 5.95 Å². The van der Waals surface area contributed by atoms with Crippen LogP contribution >= 0.6 is 0 Å². The summed E-state index contributed by atoms with van der Waals surface area (Å²) in [5, 5.41) is 4.16. The van der Waals surface area contributed by atoms with Crippen molar-refractivity contribution in [2.75, 3.05) is 51.6 Å². The standard InChI is InChI=1S/C29H41N5O5Si/c1-8-40(6,7)23-11-9-10-21(18-23)38-25-13-12-22(39-25)19-24(35)30-26-27(36-4)31-29(32-28(26)37-5)34-16-14-20(15-17-34)33(2)3/h9-13,18,20H,8,14-17,19H2,1-7H3,(H,30,35). The number of nitrogens with zero attached hydrogens (tertiary/aromatic N) is 4. The van der Waals surface area contributed by atoms with Crippen molar-refractivity contribution in [2.24, 2.45) is 0 Å². The molecule has 0 saturated carbocycles. The van der Waals surface area contributed by atoms with Crippen molar-refractivity contribution in [3.63, 3.8) is 0 Å². The van der Waals surface area contributed by atoms with Gasteiger partial charge in [0.15, 0.2) is 5.69 Å². The lowest BCUT2D eigenvalue weighted by Crippen LogP contribution is -2.42. The molecule has 0 aliphatic carbocycles. The van der Waals surface area contributed by atoms with E-state index in [1.165, 1.54) is 19.4 Å². The minimum absolute atomic E-state index is 0.00864. The molecule has 0 unspecified atom stereocenters. The number of piperidine rings is 1. The molecule has 40 heavy (non-hydrogen) atoms. The molecule has 3 aromatic rings. The summed E-state index contributed by atoms with van der Waals surface area (Å²) < 4.78 is 22.8. The molecule has 11 heteroatoms. The lowest BCUT2D eigenvalue weighted by Gasteiger charge is -2.35. The van der Waals surface area contributed by atoms with Gasteiger partial charge >= 0.3 is 0 Å². The number of nitrogens with one attached hydrogen (secondary N) is 1. The Bertz CT molecular complexity index is 1280. The van der Waals surface area contributed by atoms with Crippen molar-refractivity contribution in [1.29, 1.82) is 0 Å². The average Bonchev–Trinajstić information content (AvgIpc) is 3.39. The van der Waals surface area contributed by atoms with Crippen LogP contribution < -0.4 is 29.6 Å². The fourth-order valence-electron chi connectivity index (χ4n) is 4.69. The summed E-state index contributed by atoms with van der Waals surface area (Å²) in [6, 6.07) is 13.3. The summed E-state index contributed by atoms with van der Waals surface area (Å²) in [5.74, 6) is 2.19. The Morgan fingerprint density at radius 3 is 2.38 bits per heavy atom. The number of anilines is 2. The number of ether oxygens (including phenoxy) is 3. The van der Waals surface area contributed by atoms with Gasteiger partial charge in [-0.3, -0.25) is 4.79 Å². The van der Waals surface area contributed by atoms with Gasteiger partial charge in [-0.2, -0.15) is 9.97 Å². The van der Waals surface area contributed by atoms with Crippen molar-refractivity contribution in [3.05, 3.63) is 42.2 Å². The van der Waals surface area contributed by atoms with Gasteiger partial charge in [-0.05, 0) is 45.1 Å². The van der Waals surface area contributed by atoms with Gasteiger partial charge in [0.05, 0.1) is 28.7 Å². The molecule has 1 amide bonds. The molecule has 10 nitrogen and oxygen atoms in total. The van der Waals surface area contributed by atoms with E-state index in [9.17, 15) is 4.79 Å². The third-order valence-corrected chi connectivity index (χ3v) is 11.3. The number of hydrogen-bond donors (Lipinski definition) is 1. The molecule has 1 aliphatic rings. The number of methoxy groups -OCH3 is 2. The van der Waals surface area contributed by atoms with Crippen LogP contribution in [0.1, 0.15) is 25.5 Å². The Labute approximate surface area is 237 Å². The monoisotopic (exact) mass is 567 g/mol. The van der Waals surface area contributed by atoms with E-state index < -0.39 is 8.07 Å². The first kappa shape index (κ1) is 29.4. The number of carbonyl (C=O) groups excluding carboxylic acids is 1. The Morgan fingerprint density at radius 1 is 1.10 bits per heavy atom. The summed E-state index contributed by atoms with van der Waals surface area (Å²) >= 11 is 0. The number of hydrogen-bond acceptors (Lipinski definition) is 9. The summed E-state index contributed by atoms with van der Waals surface area (Å²) in [6.45, 7) is 8.56. The van der Waals surface area contributed by atoms with Crippen LogP contribution in [0.25, 0.3) is 0 Å². The highest BCUT2D eigenvalue weighted by atomic mass is 28.3. The average molecular weight is 568 g/mol. The van der Waals surface area contributed by atoms with E-state index in [0.717, 1.165) is 37.7 Å². The number of aromatic nitrogens is 2. The lowest BCUT2D eigenvalue weighted by atomic mass is 10.0. The van der Waals surface area contributed by atoms with Gasteiger partial charge in [-0.1, -0.05) is 43.4 Å². The molecule has 0 bridgehead atoms. The van der Waals surface area contributed by atoms with Crippen LogP contribution in [0.2, 0.25) is 19.1 Å². The summed E-state index contributed by atoms with van der Waals surface area (Å²) in [7, 11) is 5.73. The maximum atomic E-state index is 13.0. The van der Waals surface area contributed by atoms with Crippen LogP contribution in [0.15, 0.2) is 40.8 Å². The van der Waals surface area contributed by atoms with Crippen molar-refractivity contribution >= 4 is 30.8 Å². The number of benzene rings is 1. The maximum absolute atomic E-state index is 13.0. The Kier molecular flexibility index (Phi) is 9.36. The minimum Gasteiger partial charge on any atom is -0.479 e. The summed E-state index contributed by atoms with van der Waals surface area (Å²) in [6.07, 6.45) is 2.02. The molecule has 1 saturated heterocycles. The molecule has 1 aliphatic heterocycles. The third-order valence-electron chi connectivity index (χ3n) is 7.65. The third kappa shape index (κ3) is 6.94. The topological polar surface area (TPSA) is 102 Å². The molecule has 0 radical (unpaired) electrons. The van der Waals surface area contributed by atoms with E-state index in [1.807, 2.05) is 12.1 Å². The number of carbonyl (C=O) groups is 1. The second-order valence-electron chi connectivity index (χ2n) is 10.9. The van der Waals surface area contributed by atoms with Gasteiger partial charge in [0.2, 0.25) is 23.6 Å². The number of furan rings is 1. The first-order chi connectivity index (χ1) is 19.1. The van der Waals surface area contributed by atoms with Crippen molar-refractivity contribution in [3.8, 4) is 23.5 Å². The zero-order chi connectivity index (χ0) is 28.9. The van der Waals surface area contributed by atoms with Crippen LogP contribution in [0.3, 0.4) is 0 Å². The fourth-order valence-corrected chi connectivity index (χ4v) is 6.18. The van der Waals surface area contributed by atoms with Crippen LogP contribution in [0, 0.1) is 0 Å². The number of rotatable bonds is 11. The molecule has 0 spiro atoms. The fraction of sp³-hybridized carbons (Fsp3) is 0.483. The van der Waals surface area contributed by atoms with Gasteiger partial charge in [0.1, 0.15) is 11.5 Å². The van der Waals surface area contributed by atoms with E-state index >= 15 is 0 Å². The van der Waals surface area contributed by atoms with E-state index in [4.69, 9.17) is 18.6 Å². The smallest absolute Gasteiger partial charge is 0.290 e. The van der Waals surface area contributed by atoms with Crippen LogP contribution in [-0.2, 0) is 11.2 Å². The highest BCUT2D eigenvalue weighted by Crippen LogP contribution is 2.34. The van der Waals surface area contributed by atoms with E-state index in [-0.39, 0.29) is 29.8 Å². The van der Waals surface area contributed by atoms with Crippen molar-refractivity contribution in [2.45, 2.75) is 51.4 Å². The van der Waals surface area contributed by atoms with E-state index in [2.05, 4.69) is 71.3 Å². The normalized spacial score (nSPS) is 14.3. The molecule has 216 valence electrons. The van der Waals surface area contributed by atoms with Gasteiger partial charge < -0.3 is 33.7 Å². The summed E-state index contributed by atoms with van der Waals surface area (Å²) in [5.41, 5.74) is 0.282. The second-order valence-corrected chi connectivity index (χ2v) is 16.0. The van der Waals surface area contributed by atoms with Gasteiger partial charge in [-0.25, -0.2) is 0 Å². The lowest BCUT2D eigenvalue weighted by molar-refractivity contribution is -0.115. The minimum atomic E-state index is -1.49. The molecule has 0 atom stereocenters. The SMILES string of the molecule is CC[Si](C)(C)c1cccc(Oc2ccc(CC(=O)Nc3c(OC)nc(N4CCC(N(C)C)CC4)nc3OC)o2)c1. The van der Waals surface area contributed by atoms with Crippen LogP contribution in [0.5, 0.6) is 23.5 Å². The van der Waals surface area contributed by atoms with E-state index in [0.29, 0.717) is 23.7 Å². The Hall–Kier alpha value is -3.57. The van der Waals surface area contributed by atoms with Crippen LogP contribution in [0.4, 0.5) is 11.6 Å². The molecule has 1 N–H and O–H groups in total. The molecule has 1 aromatic carbocycles. The van der Waals surface area contributed by atoms with Gasteiger partial charge in [-0.15, -0.1) is 0 Å². The molecule has 1 fully saturated rings. The predicted octanol–water partition coefficient (Wildman–Crippen LogP) is 4.53. The molecular formula is C29H41N5O5Si.